The first-order chi connectivity index (χ1) is 8.66. The number of pyridine rings is 1. The van der Waals surface area contributed by atoms with Crippen LogP contribution >= 0.6 is 11.6 Å². The molecule has 0 aliphatic carbocycles. The van der Waals surface area contributed by atoms with Gasteiger partial charge in [0.25, 0.3) is 0 Å². The van der Waals surface area contributed by atoms with Gasteiger partial charge in [-0.1, -0.05) is 11.6 Å². The van der Waals surface area contributed by atoms with Crippen LogP contribution in [-0.2, 0) is 7.05 Å². The Morgan fingerprint density at radius 1 is 1.28 bits per heavy atom. The van der Waals surface area contributed by atoms with Crippen LogP contribution in [0.3, 0.4) is 0 Å². The summed E-state index contributed by atoms with van der Waals surface area (Å²) < 4.78 is 1.85. The molecule has 0 saturated carbocycles. The Kier molecular flexibility index (Phi) is 2.52. The summed E-state index contributed by atoms with van der Waals surface area (Å²) in [6.07, 6.45) is 3.49. The quantitative estimate of drug-likeness (QED) is 0.674. The van der Waals surface area contributed by atoms with E-state index in [1.54, 1.807) is 12.4 Å². The van der Waals surface area contributed by atoms with Crippen LogP contribution in [0.1, 0.15) is 5.69 Å². The predicted molar refractivity (Wildman–Crippen MR) is 71.5 cm³/mol. The number of aryl methyl sites for hydroxylation is 2. The lowest BCUT2D eigenvalue weighted by molar-refractivity contribution is 0.943. The van der Waals surface area contributed by atoms with Gasteiger partial charge in [0.1, 0.15) is 10.8 Å². The molecule has 18 heavy (non-hydrogen) atoms. The van der Waals surface area contributed by atoms with E-state index in [0.717, 1.165) is 22.3 Å². The molecular weight excluding hydrogens is 248 g/mol. The molecule has 0 aromatic carbocycles. The highest BCUT2D eigenvalue weighted by Crippen LogP contribution is 2.25. The van der Waals surface area contributed by atoms with E-state index in [4.69, 9.17) is 11.6 Å². The van der Waals surface area contributed by atoms with Crippen LogP contribution in [-0.4, -0.2) is 19.5 Å². The Balaban J connectivity index is 2.30. The molecule has 0 fully saturated rings. The maximum absolute atomic E-state index is 6.11. The Morgan fingerprint density at radius 2 is 2.11 bits per heavy atom. The molecule has 0 saturated heterocycles. The van der Waals surface area contributed by atoms with Gasteiger partial charge in [0, 0.05) is 30.4 Å². The van der Waals surface area contributed by atoms with Crippen molar-refractivity contribution in [2.75, 3.05) is 0 Å². The lowest BCUT2D eigenvalue weighted by Gasteiger charge is -2.03. The zero-order valence-electron chi connectivity index (χ0n) is 10.1. The third kappa shape index (κ3) is 1.66. The molecule has 5 heteroatoms. The first kappa shape index (κ1) is 11.2. The monoisotopic (exact) mass is 258 g/mol. The van der Waals surface area contributed by atoms with E-state index in [-0.39, 0.29) is 0 Å². The van der Waals surface area contributed by atoms with E-state index in [9.17, 15) is 0 Å². The minimum absolute atomic E-state index is 0.658. The van der Waals surface area contributed by atoms with Crippen molar-refractivity contribution >= 4 is 22.6 Å². The Labute approximate surface area is 109 Å². The molecule has 90 valence electrons. The lowest BCUT2D eigenvalue weighted by Crippen LogP contribution is -1.97. The molecule has 4 nitrogen and oxygen atoms in total. The summed E-state index contributed by atoms with van der Waals surface area (Å²) in [4.78, 5) is 13.1. The van der Waals surface area contributed by atoms with Gasteiger partial charge in [-0.3, -0.25) is 4.98 Å². The highest BCUT2D eigenvalue weighted by Gasteiger charge is 2.11. The first-order valence-corrected chi connectivity index (χ1v) is 5.94. The van der Waals surface area contributed by atoms with Crippen molar-refractivity contribution in [2.45, 2.75) is 6.92 Å². The van der Waals surface area contributed by atoms with Gasteiger partial charge in [-0.2, -0.15) is 0 Å². The van der Waals surface area contributed by atoms with Crippen LogP contribution in [0.2, 0.25) is 5.15 Å². The highest BCUT2D eigenvalue weighted by atomic mass is 35.5. The molecule has 0 atom stereocenters. The zero-order chi connectivity index (χ0) is 12.7. The van der Waals surface area contributed by atoms with Gasteiger partial charge in [-0.05, 0) is 25.1 Å². The van der Waals surface area contributed by atoms with Crippen molar-refractivity contribution < 1.29 is 0 Å². The van der Waals surface area contributed by atoms with Crippen molar-refractivity contribution in [1.82, 2.24) is 19.5 Å². The van der Waals surface area contributed by atoms with Crippen LogP contribution < -0.4 is 0 Å². The molecule has 3 heterocycles. The van der Waals surface area contributed by atoms with Crippen LogP contribution in [0.15, 0.2) is 30.6 Å². The number of aromatic nitrogens is 4. The van der Waals surface area contributed by atoms with Crippen LogP contribution in [0.5, 0.6) is 0 Å². The Hall–Kier alpha value is -1.94. The second-order valence-electron chi connectivity index (χ2n) is 4.14. The van der Waals surface area contributed by atoms with E-state index in [0.29, 0.717) is 11.0 Å². The van der Waals surface area contributed by atoms with E-state index in [2.05, 4.69) is 15.0 Å². The fourth-order valence-corrected chi connectivity index (χ4v) is 2.12. The molecular formula is C13H11ClN4. The molecule has 0 amide bonds. The van der Waals surface area contributed by atoms with Crippen molar-refractivity contribution in [3.63, 3.8) is 0 Å². The number of nitrogens with zero attached hydrogens (tertiary/aromatic N) is 4. The van der Waals surface area contributed by atoms with Crippen LogP contribution in [0.25, 0.3) is 22.4 Å². The summed E-state index contributed by atoms with van der Waals surface area (Å²) in [7, 11) is 1.89. The van der Waals surface area contributed by atoms with Gasteiger partial charge in [-0.25, -0.2) is 9.97 Å². The molecule has 0 aliphatic heterocycles. The van der Waals surface area contributed by atoms with Gasteiger partial charge in [0.15, 0.2) is 5.82 Å². The Bertz CT molecular complexity index is 719. The fraction of sp³-hybridized carbons (Fsp3) is 0.154. The molecule has 0 spiro atoms. The van der Waals surface area contributed by atoms with E-state index in [1.165, 1.54) is 0 Å². The largest absolute Gasteiger partial charge is 0.319 e. The summed E-state index contributed by atoms with van der Waals surface area (Å²) in [5.41, 5.74) is 2.66. The van der Waals surface area contributed by atoms with Crippen LogP contribution in [0, 0.1) is 6.92 Å². The Morgan fingerprint density at radius 3 is 2.83 bits per heavy atom. The molecule has 0 bridgehead atoms. The lowest BCUT2D eigenvalue weighted by atomic mass is 10.2. The summed E-state index contributed by atoms with van der Waals surface area (Å²) in [6.45, 7) is 1.96. The number of hydrogen-bond donors (Lipinski definition) is 0. The minimum atomic E-state index is 0.658. The van der Waals surface area contributed by atoms with Gasteiger partial charge in [-0.15, -0.1) is 0 Å². The van der Waals surface area contributed by atoms with Crippen molar-refractivity contribution in [3.05, 3.63) is 41.4 Å². The van der Waals surface area contributed by atoms with Crippen molar-refractivity contribution in [2.24, 2.45) is 7.05 Å². The SMILES string of the molecule is Cc1nc(-c2cccnc2)nc2c1cc(Cl)n2C. The predicted octanol–water partition coefficient (Wildman–Crippen LogP) is 2.99. The van der Waals surface area contributed by atoms with E-state index >= 15 is 0 Å². The molecule has 0 radical (unpaired) electrons. The van der Waals surface area contributed by atoms with Crippen molar-refractivity contribution in [1.29, 1.82) is 0 Å². The molecule has 0 aliphatic rings. The highest BCUT2D eigenvalue weighted by molar-refractivity contribution is 6.30. The molecule has 3 aromatic rings. The van der Waals surface area contributed by atoms with Gasteiger partial charge in [0.05, 0.1) is 5.69 Å². The summed E-state index contributed by atoms with van der Waals surface area (Å²) >= 11 is 6.11. The average molecular weight is 259 g/mol. The molecule has 0 N–H and O–H groups in total. The molecule has 0 unspecified atom stereocenters. The van der Waals surface area contributed by atoms with Crippen molar-refractivity contribution in [3.8, 4) is 11.4 Å². The minimum Gasteiger partial charge on any atom is -0.319 e. The van der Waals surface area contributed by atoms with E-state index < -0.39 is 0 Å². The maximum Gasteiger partial charge on any atom is 0.163 e. The van der Waals surface area contributed by atoms with E-state index in [1.807, 2.05) is 36.7 Å². The molecule has 3 aromatic heterocycles. The fourth-order valence-electron chi connectivity index (χ4n) is 1.93. The first-order valence-electron chi connectivity index (χ1n) is 5.57. The summed E-state index contributed by atoms with van der Waals surface area (Å²) in [6, 6.07) is 5.70. The second-order valence-corrected chi connectivity index (χ2v) is 4.52. The topological polar surface area (TPSA) is 43.6 Å². The zero-order valence-corrected chi connectivity index (χ0v) is 10.8. The number of rotatable bonds is 1. The van der Waals surface area contributed by atoms with Gasteiger partial charge >= 0.3 is 0 Å². The van der Waals surface area contributed by atoms with Gasteiger partial charge in [0.2, 0.25) is 0 Å². The number of hydrogen-bond acceptors (Lipinski definition) is 3. The standard InChI is InChI=1S/C13H11ClN4/c1-8-10-6-11(14)18(2)13(10)17-12(16-8)9-4-3-5-15-7-9/h3-7H,1-2H3. The maximum atomic E-state index is 6.11. The van der Waals surface area contributed by atoms with Gasteiger partial charge < -0.3 is 4.57 Å². The van der Waals surface area contributed by atoms with Crippen LogP contribution in [0.4, 0.5) is 0 Å². The smallest absolute Gasteiger partial charge is 0.163 e. The second kappa shape index (κ2) is 4.07. The summed E-state index contributed by atoms with van der Waals surface area (Å²) in [5, 5.41) is 1.64. The third-order valence-electron chi connectivity index (χ3n) is 2.94. The summed E-state index contributed by atoms with van der Waals surface area (Å²) in [5.74, 6) is 0.672. The number of halogens is 1. The third-order valence-corrected chi connectivity index (χ3v) is 3.30. The number of fused-ring (bicyclic) bond motifs is 1. The average Bonchev–Trinajstić information content (AvgIpc) is 2.68. The molecule has 3 rings (SSSR count). The normalized spacial score (nSPS) is 11.1.